The van der Waals surface area contributed by atoms with Crippen molar-refractivity contribution >= 4 is 46.3 Å². The first kappa shape index (κ1) is 19.7. The van der Waals surface area contributed by atoms with E-state index in [0.717, 1.165) is 22.4 Å². The molecule has 27 heavy (non-hydrogen) atoms. The Morgan fingerprint density at radius 1 is 1.19 bits per heavy atom. The van der Waals surface area contributed by atoms with Crippen molar-refractivity contribution in [3.8, 4) is 5.75 Å². The fraction of sp³-hybridized carbons (Fsp3) is 0.200. The molecule has 1 aromatic carbocycles. The predicted octanol–water partition coefficient (Wildman–Crippen LogP) is 6.21. The molecule has 0 aliphatic heterocycles. The van der Waals surface area contributed by atoms with Crippen LogP contribution in [0.4, 0.5) is 5.82 Å². The highest BCUT2D eigenvalue weighted by Gasteiger charge is 2.13. The van der Waals surface area contributed by atoms with Crippen LogP contribution in [0.5, 0.6) is 5.75 Å². The van der Waals surface area contributed by atoms with E-state index in [1.54, 1.807) is 0 Å². The summed E-state index contributed by atoms with van der Waals surface area (Å²) >= 11 is 13.2. The molecule has 0 radical (unpaired) electrons. The lowest BCUT2D eigenvalue weighted by Crippen LogP contribution is -2.11. The summed E-state index contributed by atoms with van der Waals surface area (Å²) in [6, 6.07) is 7.50. The van der Waals surface area contributed by atoms with Crippen molar-refractivity contribution in [2.45, 2.75) is 27.4 Å². The van der Waals surface area contributed by atoms with Crippen molar-refractivity contribution in [1.82, 2.24) is 4.98 Å². The third-order valence-corrected chi connectivity index (χ3v) is 5.55. The summed E-state index contributed by atoms with van der Waals surface area (Å²) in [5.74, 6) is 0.871. The number of benzene rings is 1. The molecule has 0 bridgehead atoms. The average molecular weight is 421 g/mol. The molecule has 1 N–H and O–H groups in total. The molecule has 140 valence electrons. The second-order valence-electron chi connectivity index (χ2n) is 6.25. The Hall–Kier alpha value is -2.08. The Morgan fingerprint density at radius 3 is 2.70 bits per heavy atom. The number of aryl methyl sites for hydroxylation is 2. The monoisotopic (exact) mass is 420 g/mol. The highest BCUT2D eigenvalue weighted by molar-refractivity contribution is 7.12. The van der Waals surface area contributed by atoms with E-state index < -0.39 is 0 Å². The van der Waals surface area contributed by atoms with Gasteiger partial charge in [0.25, 0.3) is 5.91 Å². The van der Waals surface area contributed by atoms with Crippen LogP contribution in [0.25, 0.3) is 0 Å². The Bertz CT molecular complexity index is 1000. The van der Waals surface area contributed by atoms with E-state index in [-0.39, 0.29) is 11.7 Å². The van der Waals surface area contributed by atoms with Crippen LogP contribution in [-0.4, -0.2) is 10.9 Å². The zero-order chi connectivity index (χ0) is 19.6. The Morgan fingerprint density at radius 2 is 1.96 bits per heavy atom. The lowest BCUT2D eigenvalue weighted by molar-refractivity contribution is 0.103. The van der Waals surface area contributed by atoms with Crippen molar-refractivity contribution in [2.75, 3.05) is 5.32 Å². The van der Waals surface area contributed by atoms with Crippen molar-refractivity contribution in [2.24, 2.45) is 0 Å². The summed E-state index contributed by atoms with van der Waals surface area (Å²) in [6.07, 6.45) is 1.43. The van der Waals surface area contributed by atoms with Gasteiger partial charge < -0.3 is 10.1 Å². The molecular formula is C20H18Cl2N2O2S. The molecular weight excluding hydrogens is 403 g/mol. The van der Waals surface area contributed by atoms with Gasteiger partial charge in [-0.05, 0) is 61.0 Å². The largest absolute Gasteiger partial charge is 0.489 e. The normalized spacial score (nSPS) is 10.7. The number of ether oxygens (including phenoxy) is 1. The Kier molecular flexibility index (Phi) is 6.05. The van der Waals surface area contributed by atoms with E-state index in [9.17, 15) is 4.79 Å². The number of rotatable bonds is 5. The van der Waals surface area contributed by atoms with Gasteiger partial charge in [-0.3, -0.25) is 4.79 Å². The first-order valence-electron chi connectivity index (χ1n) is 8.24. The predicted molar refractivity (Wildman–Crippen MR) is 112 cm³/mol. The maximum Gasteiger partial charge on any atom is 0.266 e. The molecule has 2 heterocycles. The molecule has 3 rings (SSSR count). The minimum absolute atomic E-state index is 0.273. The topological polar surface area (TPSA) is 51.2 Å². The second-order valence-corrected chi connectivity index (χ2v) is 8.01. The number of hydrogen-bond acceptors (Lipinski definition) is 4. The van der Waals surface area contributed by atoms with Gasteiger partial charge in [-0.2, -0.15) is 0 Å². The summed E-state index contributed by atoms with van der Waals surface area (Å²) in [7, 11) is 0. The lowest BCUT2D eigenvalue weighted by atomic mass is 10.1. The zero-order valence-corrected chi connectivity index (χ0v) is 17.4. The third-order valence-electron chi connectivity index (χ3n) is 4.08. The highest BCUT2D eigenvalue weighted by atomic mass is 35.5. The maximum absolute atomic E-state index is 12.4. The van der Waals surface area contributed by atoms with Gasteiger partial charge in [-0.1, -0.05) is 29.3 Å². The smallest absolute Gasteiger partial charge is 0.266 e. The molecule has 0 aliphatic rings. The van der Waals surface area contributed by atoms with Gasteiger partial charge in [0.1, 0.15) is 12.4 Å². The number of pyridine rings is 1. The number of carbonyl (C=O) groups is 1. The number of anilines is 1. The van der Waals surface area contributed by atoms with Crippen molar-refractivity contribution in [3.63, 3.8) is 0 Å². The molecule has 7 heteroatoms. The van der Waals surface area contributed by atoms with E-state index >= 15 is 0 Å². The van der Waals surface area contributed by atoms with Crippen LogP contribution in [0.3, 0.4) is 0 Å². The average Bonchev–Trinajstić information content (AvgIpc) is 3.08. The maximum atomic E-state index is 12.4. The number of hydrogen-bond donors (Lipinski definition) is 1. The van der Waals surface area contributed by atoms with Gasteiger partial charge in [0.05, 0.1) is 14.9 Å². The summed E-state index contributed by atoms with van der Waals surface area (Å²) in [4.78, 5) is 17.0. The van der Waals surface area contributed by atoms with E-state index in [4.69, 9.17) is 27.9 Å². The lowest BCUT2D eigenvalue weighted by Gasteiger charge is -2.11. The first-order valence-corrected chi connectivity index (χ1v) is 9.87. The minimum atomic E-state index is -0.273. The van der Waals surface area contributed by atoms with E-state index in [2.05, 4.69) is 23.3 Å². The van der Waals surface area contributed by atoms with Crippen LogP contribution in [-0.2, 0) is 6.61 Å². The van der Waals surface area contributed by atoms with Gasteiger partial charge >= 0.3 is 0 Å². The van der Waals surface area contributed by atoms with Gasteiger partial charge in [-0.15, -0.1) is 11.3 Å². The molecule has 4 nitrogen and oxygen atoms in total. The SMILES string of the molecule is Cc1cc(C)c(C)c(OCc2csc(C(=O)Nc3ncc(Cl)cc3Cl)c2)c1. The number of nitrogens with one attached hydrogen (secondary N) is 1. The van der Waals surface area contributed by atoms with Crippen LogP contribution in [0.15, 0.2) is 35.8 Å². The summed E-state index contributed by atoms with van der Waals surface area (Å²) in [5, 5.41) is 5.31. The van der Waals surface area contributed by atoms with Gasteiger partial charge in [0, 0.05) is 11.8 Å². The number of halogens is 2. The van der Waals surface area contributed by atoms with Gasteiger partial charge in [-0.25, -0.2) is 4.98 Å². The molecule has 0 aliphatic carbocycles. The Balaban J connectivity index is 1.67. The van der Waals surface area contributed by atoms with Crippen LogP contribution in [0.2, 0.25) is 10.0 Å². The second kappa shape index (κ2) is 8.30. The van der Waals surface area contributed by atoms with Crippen molar-refractivity contribution in [1.29, 1.82) is 0 Å². The van der Waals surface area contributed by atoms with Crippen LogP contribution in [0.1, 0.15) is 31.9 Å². The number of thiophene rings is 1. The number of carbonyl (C=O) groups excluding carboxylic acids is 1. The molecule has 3 aromatic rings. The van der Waals surface area contributed by atoms with Crippen molar-refractivity contribution < 1.29 is 9.53 Å². The molecule has 1 amide bonds. The number of aromatic nitrogens is 1. The van der Waals surface area contributed by atoms with E-state index in [0.29, 0.717) is 21.5 Å². The van der Waals surface area contributed by atoms with Gasteiger partial charge in [0.2, 0.25) is 0 Å². The Labute approximate surface area is 172 Å². The number of amides is 1. The standard InChI is InChI=1S/C20H18Cl2N2O2S/c1-11-4-12(2)13(3)17(5-11)26-9-14-6-18(27-10-14)20(25)24-19-16(22)7-15(21)8-23-19/h4-8,10H,9H2,1-3H3,(H,23,24,25). The van der Waals surface area contributed by atoms with Crippen molar-refractivity contribution in [3.05, 3.63) is 73.0 Å². The fourth-order valence-electron chi connectivity index (χ4n) is 2.56. The van der Waals surface area contributed by atoms with E-state index in [1.807, 2.05) is 31.4 Å². The molecule has 2 aromatic heterocycles. The van der Waals surface area contributed by atoms with Gasteiger partial charge in [0.15, 0.2) is 5.82 Å². The minimum Gasteiger partial charge on any atom is -0.489 e. The number of nitrogens with zero attached hydrogens (tertiary/aromatic N) is 1. The van der Waals surface area contributed by atoms with Crippen LogP contribution in [0, 0.1) is 20.8 Å². The zero-order valence-electron chi connectivity index (χ0n) is 15.1. The van der Waals surface area contributed by atoms with Crippen LogP contribution < -0.4 is 10.1 Å². The summed E-state index contributed by atoms with van der Waals surface area (Å²) < 4.78 is 5.95. The molecule has 0 saturated heterocycles. The molecule has 0 saturated carbocycles. The molecule has 0 fully saturated rings. The first-order chi connectivity index (χ1) is 12.8. The third kappa shape index (κ3) is 4.80. The van der Waals surface area contributed by atoms with Crippen LogP contribution >= 0.6 is 34.5 Å². The summed E-state index contributed by atoms with van der Waals surface area (Å²) in [5.41, 5.74) is 4.41. The molecule has 0 spiro atoms. The quantitative estimate of drug-likeness (QED) is 0.533. The molecule has 0 atom stereocenters. The fourth-order valence-corrected chi connectivity index (χ4v) is 3.78. The molecule has 0 unspecified atom stereocenters. The summed E-state index contributed by atoms with van der Waals surface area (Å²) in [6.45, 7) is 6.55. The van der Waals surface area contributed by atoms with E-state index in [1.165, 1.54) is 29.2 Å². The highest BCUT2D eigenvalue weighted by Crippen LogP contribution is 2.26.